The fourth-order valence-corrected chi connectivity index (χ4v) is 2.38. The Labute approximate surface area is 118 Å². The van der Waals surface area contributed by atoms with Gasteiger partial charge in [-0.1, -0.05) is 36.4 Å². The van der Waals surface area contributed by atoms with Gasteiger partial charge in [-0.05, 0) is 36.6 Å². The maximum Gasteiger partial charge on any atom is 0.260 e. The molecule has 4 heteroatoms. The van der Waals surface area contributed by atoms with E-state index in [2.05, 4.69) is 22.2 Å². The largest absolute Gasteiger partial charge is 0.373 e. The molecule has 0 saturated heterocycles. The lowest BCUT2D eigenvalue weighted by Crippen LogP contribution is -2.44. The minimum atomic E-state index is -0.193. The van der Waals surface area contributed by atoms with E-state index in [9.17, 15) is 4.79 Å². The summed E-state index contributed by atoms with van der Waals surface area (Å²) in [6.45, 7) is 0. The van der Waals surface area contributed by atoms with Crippen LogP contribution in [0.2, 0.25) is 0 Å². The van der Waals surface area contributed by atoms with Crippen molar-refractivity contribution in [3.8, 4) is 0 Å². The highest BCUT2D eigenvalue weighted by atomic mass is 16.2. The van der Waals surface area contributed by atoms with Gasteiger partial charge < -0.3 is 5.32 Å². The van der Waals surface area contributed by atoms with Crippen molar-refractivity contribution in [3.05, 3.63) is 60.2 Å². The summed E-state index contributed by atoms with van der Waals surface area (Å²) in [6.07, 6.45) is 1.73. The average molecular weight is 267 g/mol. The molecule has 4 nitrogen and oxygen atoms in total. The molecule has 0 saturated carbocycles. The molecule has 1 heterocycles. The summed E-state index contributed by atoms with van der Waals surface area (Å²) in [7, 11) is 0. The average Bonchev–Trinajstić information content (AvgIpc) is 2.53. The van der Waals surface area contributed by atoms with E-state index in [0.29, 0.717) is 0 Å². The number of nitrogens with one attached hydrogen (secondary N) is 3. The first-order chi connectivity index (χ1) is 9.83. The number of benzene rings is 2. The monoisotopic (exact) mass is 267 g/mol. The quantitative estimate of drug-likeness (QED) is 0.749. The first kappa shape index (κ1) is 12.5. The molecule has 0 radical (unpaired) electrons. The third kappa shape index (κ3) is 2.74. The molecule has 3 rings (SSSR count). The second-order valence-electron chi connectivity index (χ2n) is 4.87. The predicted molar refractivity (Wildman–Crippen MR) is 80.4 cm³/mol. The Morgan fingerprint density at radius 1 is 1.05 bits per heavy atom. The Hall–Kier alpha value is -2.49. The Morgan fingerprint density at radius 2 is 1.80 bits per heavy atom. The molecule has 2 aromatic rings. The Bertz CT molecular complexity index is 598. The fourth-order valence-electron chi connectivity index (χ4n) is 2.38. The van der Waals surface area contributed by atoms with Crippen molar-refractivity contribution in [1.82, 2.24) is 5.43 Å². The van der Waals surface area contributed by atoms with Crippen LogP contribution < -0.4 is 16.2 Å². The van der Waals surface area contributed by atoms with Crippen LogP contribution in [-0.4, -0.2) is 11.9 Å². The number of amides is 1. The van der Waals surface area contributed by atoms with Crippen LogP contribution in [-0.2, 0) is 11.2 Å². The molecule has 1 atom stereocenters. The van der Waals surface area contributed by atoms with Gasteiger partial charge in [0.1, 0.15) is 6.04 Å². The summed E-state index contributed by atoms with van der Waals surface area (Å²) in [4.78, 5) is 12.1. The summed E-state index contributed by atoms with van der Waals surface area (Å²) in [5.74, 6) is -0.0386. The zero-order chi connectivity index (χ0) is 13.8. The summed E-state index contributed by atoms with van der Waals surface area (Å²) >= 11 is 0. The third-order valence-corrected chi connectivity index (χ3v) is 3.47. The van der Waals surface area contributed by atoms with E-state index in [1.165, 1.54) is 5.56 Å². The number of hydrogen-bond donors (Lipinski definition) is 3. The Kier molecular flexibility index (Phi) is 3.54. The van der Waals surface area contributed by atoms with Gasteiger partial charge in [-0.25, -0.2) is 0 Å². The zero-order valence-electron chi connectivity index (χ0n) is 11.1. The molecule has 0 spiro atoms. The number of anilines is 2. The minimum absolute atomic E-state index is 0.0386. The SMILES string of the molecule is O=C(NNc1ccccc1)C1CCc2ccccc2N1. The topological polar surface area (TPSA) is 53.2 Å². The van der Waals surface area contributed by atoms with Crippen LogP contribution in [0.25, 0.3) is 0 Å². The van der Waals surface area contributed by atoms with Crippen molar-refractivity contribution in [2.75, 3.05) is 10.7 Å². The van der Waals surface area contributed by atoms with Crippen molar-refractivity contribution >= 4 is 17.3 Å². The van der Waals surface area contributed by atoms with Crippen molar-refractivity contribution < 1.29 is 4.79 Å². The van der Waals surface area contributed by atoms with Gasteiger partial charge in [0.05, 0.1) is 5.69 Å². The molecule has 0 bridgehead atoms. The van der Waals surface area contributed by atoms with Crippen molar-refractivity contribution in [2.45, 2.75) is 18.9 Å². The smallest absolute Gasteiger partial charge is 0.260 e. The van der Waals surface area contributed by atoms with Gasteiger partial charge in [0, 0.05) is 5.69 Å². The second-order valence-corrected chi connectivity index (χ2v) is 4.87. The molecule has 1 aliphatic rings. The zero-order valence-corrected chi connectivity index (χ0v) is 11.1. The van der Waals surface area contributed by atoms with Gasteiger partial charge in [0.15, 0.2) is 0 Å². The molecule has 0 aliphatic carbocycles. The van der Waals surface area contributed by atoms with E-state index < -0.39 is 0 Å². The maximum absolute atomic E-state index is 12.1. The number of aryl methyl sites for hydroxylation is 1. The van der Waals surface area contributed by atoms with Crippen molar-refractivity contribution in [2.24, 2.45) is 0 Å². The summed E-state index contributed by atoms with van der Waals surface area (Å²) in [5, 5.41) is 3.28. The Balaban J connectivity index is 1.59. The van der Waals surface area contributed by atoms with Gasteiger partial charge in [-0.15, -0.1) is 0 Å². The van der Waals surface area contributed by atoms with E-state index in [1.807, 2.05) is 48.5 Å². The minimum Gasteiger partial charge on any atom is -0.373 e. The highest BCUT2D eigenvalue weighted by Gasteiger charge is 2.23. The van der Waals surface area contributed by atoms with Gasteiger partial charge in [-0.2, -0.15) is 0 Å². The standard InChI is InChI=1S/C16H17N3O/c20-16(19-18-13-7-2-1-3-8-13)15-11-10-12-6-4-5-9-14(12)17-15/h1-9,15,17-18H,10-11H2,(H,19,20). The normalized spacial score (nSPS) is 16.7. The first-order valence-corrected chi connectivity index (χ1v) is 6.78. The van der Waals surface area contributed by atoms with E-state index in [0.717, 1.165) is 24.2 Å². The summed E-state index contributed by atoms with van der Waals surface area (Å²) in [5.41, 5.74) is 8.87. The molecule has 2 aromatic carbocycles. The van der Waals surface area contributed by atoms with E-state index in [1.54, 1.807) is 0 Å². The molecule has 0 aromatic heterocycles. The number of para-hydroxylation sites is 2. The lowest BCUT2D eigenvalue weighted by atomic mass is 9.98. The number of carbonyl (C=O) groups excluding carboxylic acids is 1. The van der Waals surface area contributed by atoms with E-state index in [-0.39, 0.29) is 11.9 Å². The van der Waals surface area contributed by atoms with Crippen molar-refractivity contribution in [3.63, 3.8) is 0 Å². The highest BCUT2D eigenvalue weighted by Crippen LogP contribution is 2.24. The van der Waals surface area contributed by atoms with Crippen LogP contribution in [0.1, 0.15) is 12.0 Å². The highest BCUT2D eigenvalue weighted by molar-refractivity contribution is 5.86. The molecular weight excluding hydrogens is 250 g/mol. The molecule has 0 fully saturated rings. The molecule has 1 aliphatic heterocycles. The van der Waals surface area contributed by atoms with Gasteiger partial charge in [0.25, 0.3) is 5.91 Å². The van der Waals surface area contributed by atoms with Crippen LogP contribution in [0.15, 0.2) is 54.6 Å². The molecule has 3 N–H and O–H groups in total. The fraction of sp³-hybridized carbons (Fsp3) is 0.188. The molecule has 1 unspecified atom stereocenters. The predicted octanol–water partition coefficient (Wildman–Crippen LogP) is 2.56. The first-order valence-electron chi connectivity index (χ1n) is 6.78. The molecular formula is C16H17N3O. The Morgan fingerprint density at radius 3 is 2.65 bits per heavy atom. The van der Waals surface area contributed by atoms with Gasteiger partial charge >= 0.3 is 0 Å². The number of carbonyl (C=O) groups is 1. The second kappa shape index (κ2) is 5.65. The van der Waals surface area contributed by atoms with Crippen molar-refractivity contribution in [1.29, 1.82) is 0 Å². The van der Waals surface area contributed by atoms with Crippen LogP contribution >= 0.6 is 0 Å². The van der Waals surface area contributed by atoms with Gasteiger partial charge in [0.2, 0.25) is 0 Å². The lowest BCUT2D eigenvalue weighted by Gasteiger charge is -2.26. The summed E-state index contributed by atoms with van der Waals surface area (Å²) in [6, 6.07) is 17.5. The van der Waals surface area contributed by atoms with Crippen LogP contribution in [0.5, 0.6) is 0 Å². The van der Waals surface area contributed by atoms with Gasteiger partial charge in [-0.3, -0.25) is 15.6 Å². The molecule has 102 valence electrons. The molecule has 1 amide bonds. The summed E-state index contributed by atoms with van der Waals surface area (Å²) < 4.78 is 0. The number of fused-ring (bicyclic) bond motifs is 1. The van der Waals surface area contributed by atoms with Crippen LogP contribution in [0, 0.1) is 0 Å². The number of hydrogen-bond acceptors (Lipinski definition) is 3. The molecule has 20 heavy (non-hydrogen) atoms. The van der Waals surface area contributed by atoms with Crippen LogP contribution in [0.4, 0.5) is 11.4 Å². The maximum atomic E-state index is 12.1. The lowest BCUT2D eigenvalue weighted by molar-refractivity contribution is -0.121. The van der Waals surface area contributed by atoms with Crippen LogP contribution in [0.3, 0.4) is 0 Å². The van der Waals surface area contributed by atoms with E-state index >= 15 is 0 Å². The third-order valence-electron chi connectivity index (χ3n) is 3.47. The van der Waals surface area contributed by atoms with E-state index in [4.69, 9.17) is 0 Å². The number of hydrazine groups is 1. The number of rotatable bonds is 3.